The lowest BCUT2D eigenvalue weighted by molar-refractivity contribution is -0.166. The SMILES string of the molecule is CNC.COc1ccc(CN(C(=O)OC(C)(C)C)c2cc(C[C@H]3C(=O)N(C(=O)N4CCCCC4c4ccccc4)[C@@H]3C(=O)N(C)C)ccn2)cc1.COc1ccc(CN(C(=O)OC(C)(C)C)c2cc(C[C@H]3C(=O)N(C(=O)N4CCCCC4c4ccccc4)[C@@H]3C(=O)O)ccn2)cc1.Cc1cc(C[C@H]2C(=O)N(C(=O)N3CCCCC3c3ccccc3)[C@@H]2C(=O)N(C)C)ccn1.Cl. The van der Waals surface area contributed by atoms with Crippen molar-refractivity contribution < 1.29 is 76.8 Å². The summed E-state index contributed by atoms with van der Waals surface area (Å²) in [5, 5.41) is 12.9. The molecule has 2 N–H and O–H groups in total. The quantitative estimate of drug-likeness (QED) is 0.0669. The minimum atomic E-state index is -1.31. The van der Waals surface area contributed by atoms with Gasteiger partial charge in [0.25, 0.3) is 0 Å². The van der Waals surface area contributed by atoms with Crippen LogP contribution < -0.4 is 24.6 Å². The predicted octanol–water partition coefficient (Wildman–Crippen LogP) is 15.1. The zero-order valence-electron chi connectivity index (χ0n) is 77.0. The Hall–Kier alpha value is -12.8. The number of rotatable bonds is 20. The standard InChI is InChI=1S/C37H45N5O6.C35H40N4O7.C25H30N4O3.C2H7N.ClH/c1-37(2,3)48-36(46)41(24-25-15-17-28(47-6)18-16-25)31-23-26(19-20-38-31)22-29-32(34(44)39(4)5)42(33(29)43)35(45)40-21-11-10-14-30(40)27-12-8-7-9-13-27;1-35(2,3)46-34(44)38(22-23-13-15-26(45-4)16-14-23)29-21-24(17-18-36-29)20-27-30(32(41)42)39(31(27)40)33(43)37-19-9-8-12-28(37)25-10-6-5-7-11-25;1-17-15-18(12-13-26-17)16-20-22(24(31)27(2)3)29(23(20)30)25(32)28-14-8-7-11-21(28)19-9-5-4-6-10-19;1-3-2;/h7-9,12-13,15-20,23,29-30,32H,10-11,14,21-22,24H2,1-6H3;5-7,10-11,13-18,21,27-28,30H,8-9,12,19-20,22H2,1-4H3,(H,41,42);4-6,9-10,12-13,15,20-22H,7-8,11,14,16H2,1-3H3;3H,1-2H3;1H/t29-,30?,32+;27-,28?,30+;20-,21?,22+;;/m111../s1. The average molecular weight is 1800 g/mol. The van der Waals surface area contributed by atoms with Crippen LogP contribution in [-0.2, 0) is 70.6 Å². The Balaban J connectivity index is 0.000000202. The summed E-state index contributed by atoms with van der Waals surface area (Å²) in [6, 6.07) is 49.7. The highest BCUT2D eigenvalue weighted by Gasteiger charge is 2.59. The van der Waals surface area contributed by atoms with Crippen LogP contribution >= 0.6 is 12.4 Å². The third-order valence-corrected chi connectivity index (χ3v) is 23.4. The first kappa shape index (κ1) is 99.3. The van der Waals surface area contributed by atoms with E-state index < -0.39 is 89.1 Å². The Kier molecular flexibility index (Phi) is 34.3. The third kappa shape index (κ3) is 24.4. The maximum absolute atomic E-state index is 14.0. The van der Waals surface area contributed by atoms with E-state index in [1.165, 1.54) is 30.7 Å². The number of nitrogens with zero attached hydrogens (tertiary/aromatic N) is 13. The summed E-state index contributed by atoms with van der Waals surface area (Å²) in [6.45, 7) is 14.5. The molecule has 5 aromatic carbocycles. The van der Waals surface area contributed by atoms with Crippen LogP contribution in [-0.4, -0.2) is 231 Å². The molecule has 9 atom stereocenters. The summed E-state index contributed by atoms with van der Waals surface area (Å²) in [6.07, 6.45) is 12.1. The van der Waals surface area contributed by atoms with E-state index in [0.29, 0.717) is 54.5 Å². The maximum Gasteiger partial charge on any atom is 0.416 e. The number of halogens is 1. The molecule has 9 heterocycles. The molecule has 3 aromatic heterocycles. The van der Waals surface area contributed by atoms with Crippen LogP contribution in [0.5, 0.6) is 11.5 Å². The number of aryl methyl sites for hydroxylation is 1. The Morgan fingerprint density at radius 1 is 0.423 bits per heavy atom. The number of likely N-dealkylation sites (tertiary alicyclic amines) is 6. The number of β-lactam (4-membered cyclic amide) rings is 3. The summed E-state index contributed by atoms with van der Waals surface area (Å²) >= 11 is 0. The molecule has 692 valence electrons. The van der Waals surface area contributed by atoms with Gasteiger partial charge in [0.15, 0.2) is 6.04 Å². The van der Waals surface area contributed by atoms with Crippen molar-refractivity contribution >= 4 is 89.8 Å². The average Bonchev–Trinajstić information content (AvgIpc) is 0.744. The molecule has 3 unspecified atom stereocenters. The van der Waals surface area contributed by atoms with Gasteiger partial charge in [-0.1, -0.05) is 115 Å². The highest BCUT2D eigenvalue weighted by atomic mass is 35.5. The zero-order valence-corrected chi connectivity index (χ0v) is 77.8. The normalized spacial score (nSPS) is 19.9. The number of carboxylic acids is 1. The number of hydrogen-bond acceptors (Lipinski definition) is 19. The summed E-state index contributed by atoms with van der Waals surface area (Å²) in [5.74, 6) is -3.23. The molecule has 130 heavy (non-hydrogen) atoms. The maximum atomic E-state index is 14.0. The number of anilines is 2. The van der Waals surface area contributed by atoms with Gasteiger partial charge in [0.05, 0.1) is 63.2 Å². The van der Waals surface area contributed by atoms with Gasteiger partial charge >= 0.3 is 36.2 Å². The lowest BCUT2D eigenvalue weighted by atomic mass is 9.81. The number of carbonyl (C=O) groups excluding carboxylic acids is 10. The Morgan fingerprint density at radius 3 is 1.02 bits per heavy atom. The fourth-order valence-electron chi connectivity index (χ4n) is 17.1. The van der Waals surface area contributed by atoms with Gasteiger partial charge in [-0.3, -0.25) is 48.6 Å². The van der Waals surface area contributed by atoms with Crippen molar-refractivity contribution in [3.05, 3.63) is 245 Å². The molecule has 31 heteroatoms. The number of benzene rings is 5. The number of nitrogens with one attached hydrogen (secondary N) is 1. The summed E-state index contributed by atoms with van der Waals surface area (Å²) in [5.41, 5.74) is 6.28. The van der Waals surface area contributed by atoms with Crippen LogP contribution in [0, 0.1) is 24.7 Å². The molecule has 0 radical (unpaired) electrons. The number of amides is 13. The van der Waals surface area contributed by atoms with Gasteiger partial charge < -0.3 is 53.9 Å². The predicted molar refractivity (Wildman–Crippen MR) is 494 cm³/mol. The molecule has 8 aromatic rings. The number of carbonyl (C=O) groups is 11. The minimum Gasteiger partial charge on any atom is -0.497 e. The molecule has 0 spiro atoms. The van der Waals surface area contributed by atoms with Crippen LogP contribution in [0.2, 0.25) is 0 Å². The van der Waals surface area contributed by atoms with Crippen molar-refractivity contribution in [1.82, 2.24) is 59.5 Å². The monoisotopic (exact) mass is 1800 g/mol. The number of ether oxygens (including phenoxy) is 4. The zero-order chi connectivity index (χ0) is 93.1. The highest BCUT2D eigenvalue weighted by Crippen LogP contribution is 2.43. The molecule has 6 aliphatic rings. The fourth-order valence-corrected chi connectivity index (χ4v) is 17.1. The number of imide groups is 3. The lowest BCUT2D eigenvalue weighted by Gasteiger charge is -2.49. The summed E-state index contributed by atoms with van der Waals surface area (Å²) in [7, 11) is 13.5. The van der Waals surface area contributed by atoms with Crippen molar-refractivity contribution in [1.29, 1.82) is 0 Å². The van der Waals surface area contributed by atoms with E-state index in [-0.39, 0.29) is 86.0 Å². The van der Waals surface area contributed by atoms with Gasteiger partial charge in [-0.25, -0.2) is 43.6 Å². The Bertz CT molecular complexity index is 5240. The number of likely N-dealkylation sites (N-methyl/N-ethyl adjacent to an activating group) is 2. The molecule has 13 amide bonds. The number of aromatic nitrogens is 3. The largest absolute Gasteiger partial charge is 0.497 e. The van der Waals surface area contributed by atoms with Gasteiger partial charge in [-0.2, -0.15) is 0 Å². The second kappa shape index (κ2) is 44.9. The molecule has 30 nitrogen and oxygen atoms in total. The molecular formula is C99H123ClN14O16. The molecule has 6 aliphatic heterocycles. The van der Waals surface area contributed by atoms with Gasteiger partial charge in [0.1, 0.15) is 46.4 Å². The topological polar surface area (TPSA) is 328 Å². The van der Waals surface area contributed by atoms with Crippen LogP contribution in [0.3, 0.4) is 0 Å². The van der Waals surface area contributed by atoms with Crippen molar-refractivity contribution in [3.63, 3.8) is 0 Å². The highest BCUT2D eigenvalue weighted by molar-refractivity contribution is 6.11. The van der Waals surface area contributed by atoms with E-state index in [1.54, 1.807) is 147 Å². The molecular weight excluding hydrogens is 1680 g/mol. The Morgan fingerprint density at radius 2 is 0.723 bits per heavy atom. The van der Waals surface area contributed by atoms with Gasteiger partial charge in [0.2, 0.25) is 29.5 Å². The Labute approximate surface area is 768 Å². The van der Waals surface area contributed by atoms with Crippen LogP contribution in [0.4, 0.5) is 35.6 Å². The van der Waals surface area contributed by atoms with E-state index >= 15 is 0 Å². The van der Waals surface area contributed by atoms with Gasteiger partial charge in [-0.15, -0.1) is 12.4 Å². The van der Waals surface area contributed by atoms with Gasteiger partial charge in [0, 0.05) is 72.1 Å². The van der Waals surface area contributed by atoms with E-state index in [4.69, 9.17) is 18.9 Å². The molecule has 6 fully saturated rings. The van der Waals surface area contributed by atoms with Crippen LogP contribution in [0.15, 0.2) is 195 Å². The molecule has 0 bridgehead atoms. The molecule has 0 aliphatic carbocycles. The molecule has 14 rings (SSSR count). The first-order chi connectivity index (χ1) is 61.6. The van der Waals surface area contributed by atoms with Crippen molar-refractivity contribution in [2.45, 2.75) is 186 Å². The van der Waals surface area contributed by atoms with E-state index in [0.717, 1.165) is 107 Å². The van der Waals surface area contributed by atoms with E-state index in [1.807, 2.05) is 161 Å². The van der Waals surface area contributed by atoms with Crippen molar-refractivity contribution in [2.75, 3.05) is 85.9 Å². The van der Waals surface area contributed by atoms with Gasteiger partial charge in [-0.05, 0) is 245 Å². The number of carboxylic acid groups (broad SMARTS) is 1. The number of pyridine rings is 3. The first-order valence-corrected chi connectivity index (χ1v) is 44.0. The van der Waals surface area contributed by atoms with E-state index in [9.17, 15) is 57.8 Å². The second-order valence-corrected chi connectivity index (χ2v) is 35.6. The third-order valence-electron chi connectivity index (χ3n) is 23.4. The van der Waals surface area contributed by atoms with Crippen molar-refractivity contribution in [3.8, 4) is 11.5 Å². The summed E-state index contributed by atoms with van der Waals surface area (Å²) < 4.78 is 21.9. The van der Waals surface area contributed by atoms with Crippen LogP contribution in [0.25, 0.3) is 0 Å². The number of aliphatic carboxylic acids is 1. The van der Waals surface area contributed by atoms with Crippen LogP contribution in [0.1, 0.15) is 168 Å². The number of methoxy groups -OCH3 is 2. The summed E-state index contributed by atoms with van der Waals surface area (Å²) in [4.78, 5) is 175. The first-order valence-electron chi connectivity index (χ1n) is 44.0. The number of urea groups is 3. The number of piperidine rings is 3. The smallest absolute Gasteiger partial charge is 0.416 e. The van der Waals surface area contributed by atoms with Crippen molar-refractivity contribution in [2.24, 2.45) is 17.8 Å². The second-order valence-electron chi connectivity index (χ2n) is 35.6. The fraction of sp³-hybridized carbons (Fsp3) is 0.434. The molecule has 0 saturated carbocycles. The number of hydrogen-bond donors (Lipinski definition) is 2. The minimum absolute atomic E-state index is 0. The lowest BCUT2D eigenvalue weighted by Crippen LogP contribution is -2.70. The molecule has 6 saturated heterocycles. The van der Waals surface area contributed by atoms with E-state index in [2.05, 4.69) is 20.3 Å².